The van der Waals surface area contributed by atoms with Crippen LogP contribution in [-0.2, 0) is 16.0 Å². The number of aryl methyl sites for hydroxylation is 2. The number of halogens is 1. The maximum atomic E-state index is 11.5. The quantitative estimate of drug-likeness (QED) is 0.731. The molecule has 0 aromatic heterocycles. The highest BCUT2D eigenvalue weighted by molar-refractivity contribution is 6.31. The lowest BCUT2D eigenvalue weighted by Crippen LogP contribution is -2.43. The summed E-state index contributed by atoms with van der Waals surface area (Å²) in [6.07, 6.45) is 0.604. The van der Waals surface area contributed by atoms with Crippen molar-refractivity contribution in [3.05, 3.63) is 34.3 Å². The second-order valence-electron chi connectivity index (χ2n) is 4.22. The molecule has 0 radical (unpaired) electrons. The first-order valence-corrected chi connectivity index (χ1v) is 6.20. The number of carboxylic acids is 1. The molecular weight excluding hydrogens is 270 g/mol. The van der Waals surface area contributed by atoms with Gasteiger partial charge in [-0.3, -0.25) is 4.79 Å². The fourth-order valence-electron chi connectivity index (χ4n) is 1.50. The van der Waals surface area contributed by atoms with Gasteiger partial charge in [0.25, 0.3) is 0 Å². The molecule has 0 aliphatic rings. The molecule has 0 spiro atoms. The van der Waals surface area contributed by atoms with Crippen molar-refractivity contribution in [3.63, 3.8) is 0 Å². The van der Waals surface area contributed by atoms with Gasteiger partial charge in [0, 0.05) is 11.4 Å². The van der Waals surface area contributed by atoms with Crippen LogP contribution in [-0.4, -0.2) is 34.7 Å². The second kappa shape index (κ2) is 7.11. The van der Waals surface area contributed by atoms with E-state index in [1.54, 1.807) is 6.07 Å². The number of aliphatic carboxylic acids is 1. The van der Waals surface area contributed by atoms with Crippen molar-refractivity contribution in [1.82, 2.24) is 5.32 Å². The Bertz CT molecular complexity index is 476. The molecule has 0 bridgehead atoms. The second-order valence-corrected chi connectivity index (χ2v) is 4.63. The summed E-state index contributed by atoms with van der Waals surface area (Å²) in [5, 5.41) is 20.3. The number of carbonyl (C=O) groups excluding carboxylic acids is 1. The highest BCUT2D eigenvalue weighted by atomic mass is 35.5. The Morgan fingerprint density at radius 1 is 1.42 bits per heavy atom. The molecule has 1 aromatic rings. The van der Waals surface area contributed by atoms with Gasteiger partial charge in [0.1, 0.15) is 6.04 Å². The zero-order valence-electron chi connectivity index (χ0n) is 10.5. The largest absolute Gasteiger partial charge is 0.480 e. The van der Waals surface area contributed by atoms with E-state index in [4.69, 9.17) is 21.8 Å². The van der Waals surface area contributed by atoms with Crippen LogP contribution in [0.4, 0.5) is 0 Å². The van der Waals surface area contributed by atoms with Gasteiger partial charge in [-0.2, -0.15) is 0 Å². The SMILES string of the molecule is Cc1ccc(CCC(=O)NC(CO)C(=O)O)cc1Cl. The lowest BCUT2D eigenvalue weighted by molar-refractivity contribution is -0.142. The fourth-order valence-corrected chi connectivity index (χ4v) is 1.70. The first-order chi connectivity index (χ1) is 8.93. The van der Waals surface area contributed by atoms with Crippen LogP contribution in [0.3, 0.4) is 0 Å². The molecule has 0 saturated carbocycles. The predicted octanol–water partition coefficient (Wildman–Crippen LogP) is 1.14. The van der Waals surface area contributed by atoms with Crippen LogP contribution < -0.4 is 5.32 Å². The van der Waals surface area contributed by atoms with E-state index >= 15 is 0 Å². The summed E-state index contributed by atoms with van der Waals surface area (Å²) in [5.74, 6) is -1.67. The number of nitrogens with one attached hydrogen (secondary N) is 1. The first-order valence-electron chi connectivity index (χ1n) is 5.82. The smallest absolute Gasteiger partial charge is 0.328 e. The van der Waals surface area contributed by atoms with Crippen molar-refractivity contribution < 1.29 is 19.8 Å². The van der Waals surface area contributed by atoms with Crippen molar-refractivity contribution in [3.8, 4) is 0 Å². The van der Waals surface area contributed by atoms with Crippen LogP contribution in [0.5, 0.6) is 0 Å². The predicted molar refractivity (Wildman–Crippen MR) is 71.2 cm³/mol. The Morgan fingerprint density at radius 3 is 2.63 bits per heavy atom. The summed E-state index contributed by atoms with van der Waals surface area (Å²) in [5.41, 5.74) is 1.86. The highest BCUT2D eigenvalue weighted by Gasteiger charge is 2.18. The number of hydrogen-bond acceptors (Lipinski definition) is 3. The van der Waals surface area contributed by atoms with Crippen molar-refractivity contribution in [1.29, 1.82) is 0 Å². The van der Waals surface area contributed by atoms with E-state index in [1.807, 2.05) is 19.1 Å². The van der Waals surface area contributed by atoms with Gasteiger partial charge in [-0.15, -0.1) is 0 Å². The van der Waals surface area contributed by atoms with Crippen LogP contribution in [0.25, 0.3) is 0 Å². The Balaban J connectivity index is 2.49. The van der Waals surface area contributed by atoms with E-state index in [1.165, 1.54) is 0 Å². The Kier molecular flexibility index (Phi) is 5.79. The Morgan fingerprint density at radius 2 is 2.11 bits per heavy atom. The summed E-state index contributed by atoms with van der Waals surface area (Å²) in [6.45, 7) is 1.26. The minimum atomic E-state index is -1.26. The topological polar surface area (TPSA) is 86.6 Å². The van der Waals surface area contributed by atoms with Crippen LogP contribution in [0.2, 0.25) is 5.02 Å². The third kappa shape index (κ3) is 4.89. The molecule has 0 fully saturated rings. The standard InChI is InChI=1S/C13H16ClNO4/c1-8-2-3-9(6-10(8)14)4-5-12(17)15-11(7-16)13(18)19/h2-3,6,11,16H,4-5,7H2,1H3,(H,15,17)(H,18,19). The molecule has 1 atom stereocenters. The number of hydrogen-bond donors (Lipinski definition) is 3. The van der Waals surface area contributed by atoms with Gasteiger partial charge >= 0.3 is 5.97 Å². The fraction of sp³-hybridized carbons (Fsp3) is 0.385. The molecule has 0 aliphatic heterocycles. The van der Waals surface area contributed by atoms with Gasteiger partial charge in [-0.1, -0.05) is 23.7 Å². The maximum Gasteiger partial charge on any atom is 0.328 e. The van der Waals surface area contributed by atoms with Gasteiger partial charge < -0.3 is 15.5 Å². The molecule has 0 aliphatic carbocycles. The summed E-state index contributed by atoms with van der Waals surface area (Å²) in [6, 6.07) is 4.26. The van der Waals surface area contributed by atoms with Gasteiger partial charge in [0.2, 0.25) is 5.91 Å². The number of rotatable bonds is 6. The highest BCUT2D eigenvalue weighted by Crippen LogP contribution is 2.17. The molecule has 1 rings (SSSR count). The molecule has 19 heavy (non-hydrogen) atoms. The molecule has 3 N–H and O–H groups in total. The number of aliphatic hydroxyl groups is 1. The Hall–Kier alpha value is -1.59. The lowest BCUT2D eigenvalue weighted by atomic mass is 10.1. The van der Waals surface area contributed by atoms with Gasteiger partial charge in [0.15, 0.2) is 0 Å². The third-order valence-electron chi connectivity index (χ3n) is 2.69. The monoisotopic (exact) mass is 285 g/mol. The average molecular weight is 286 g/mol. The Labute approximate surface area is 116 Å². The summed E-state index contributed by atoms with van der Waals surface area (Å²) < 4.78 is 0. The van der Waals surface area contributed by atoms with E-state index < -0.39 is 24.5 Å². The molecular formula is C13H16ClNO4. The van der Waals surface area contributed by atoms with E-state index in [0.717, 1.165) is 11.1 Å². The minimum Gasteiger partial charge on any atom is -0.480 e. The maximum absolute atomic E-state index is 11.5. The zero-order valence-corrected chi connectivity index (χ0v) is 11.3. The number of carboxylic acid groups (broad SMARTS) is 1. The molecule has 1 unspecified atom stereocenters. The molecule has 104 valence electrons. The third-order valence-corrected chi connectivity index (χ3v) is 3.10. The summed E-state index contributed by atoms with van der Waals surface area (Å²) in [4.78, 5) is 22.2. The molecule has 1 amide bonds. The van der Waals surface area contributed by atoms with E-state index in [-0.39, 0.29) is 6.42 Å². The van der Waals surface area contributed by atoms with Crippen LogP contribution in [0.1, 0.15) is 17.5 Å². The zero-order chi connectivity index (χ0) is 14.4. The van der Waals surface area contributed by atoms with E-state index in [9.17, 15) is 9.59 Å². The number of benzene rings is 1. The van der Waals surface area contributed by atoms with Crippen LogP contribution in [0.15, 0.2) is 18.2 Å². The van der Waals surface area contributed by atoms with Crippen molar-refractivity contribution in [2.45, 2.75) is 25.8 Å². The normalized spacial score (nSPS) is 11.9. The molecule has 0 heterocycles. The number of aliphatic hydroxyl groups excluding tert-OH is 1. The first kappa shape index (κ1) is 15.5. The van der Waals surface area contributed by atoms with Crippen molar-refractivity contribution in [2.24, 2.45) is 0 Å². The van der Waals surface area contributed by atoms with E-state index in [2.05, 4.69) is 5.32 Å². The van der Waals surface area contributed by atoms with Gasteiger partial charge in [0.05, 0.1) is 6.61 Å². The molecule has 1 aromatic carbocycles. The molecule has 6 heteroatoms. The van der Waals surface area contributed by atoms with Crippen LogP contribution in [0, 0.1) is 6.92 Å². The van der Waals surface area contributed by atoms with E-state index in [0.29, 0.717) is 11.4 Å². The van der Waals surface area contributed by atoms with Crippen LogP contribution >= 0.6 is 11.6 Å². The summed E-state index contributed by atoms with van der Waals surface area (Å²) >= 11 is 5.97. The minimum absolute atomic E-state index is 0.142. The number of carbonyl (C=O) groups is 2. The summed E-state index contributed by atoms with van der Waals surface area (Å²) in [7, 11) is 0. The van der Waals surface area contributed by atoms with Crippen molar-refractivity contribution in [2.75, 3.05) is 6.61 Å². The average Bonchev–Trinajstić information content (AvgIpc) is 2.37. The van der Waals surface area contributed by atoms with Crippen molar-refractivity contribution >= 4 is 23.5 Å². The molecule has 0 saturated heterocycles. The van der Waals surface area contributed by atoms with Gasteiger partial charge in [-0.25, -0.2) is 4.79 Å². The van der Waals surface area contributed by atoms with Gasteiger partial charge in [-0.05, 0) is 30.5 Å². The molecule has 5 nitrogen and oxygen atoms in total. The lowest BCUT2D eigenvalue weighted by Gasteiger charge is -2.11. The number of amides is 1.